The number of aromatic nitrogens is 1. The van der Waals surface area contributed by atoms with Gasteiger partial charge in [0.05, 0.1) is 17.2 Å². The molecule has 0 saturated heterocycles. The fourth-order valence-corrected chi connectivity index (χ4v) is 4.72. The zero-order valence-corrected chi connectivity index (χ0v) is 17.3. The van der Waals surface area contributed by atoms with Gasteiger partial charge < -0.3 is 19.9 Å². The summed E-state index contributed by atoms with van der Waals surface area (Å²) in [7, 11) is 1.55. The van der Waals surface area contributed by atoms with Gasteiger partial charge in [0.15, 0.2) is 11.5 Å². The van der Waals surface area contributed by atoms with Crippen LogP contribution in [-0.2, 0) is 13.0 Å². The third kappa shape index (κ3) is 4.41. The van der Waals surface area contributed by atoms with E-state index in [-0.39, 0.29) is 17.4 Å². The molecule has 0 unspecified atom stereocenters. The van der Waals surface area contributed by atoms with E-state index in [1.807, 2.05) is 34.3 Å². The summed E-state index contributed by atoms with van der Waals surface area (Å²) in [6.07, 6.45) is 3.91. The second-order valence-corrected chi connectivity index (χ2v) is 8.38. The molecule has 2 aromatic carbocycles. The van der Waals surface area contributed by atoms with Crippen LogP contribution in [0.5, 0.6) is 17.2 Å². The van der Waals surface area contributed by atoms with Crippen LogP contribution in [0.4, 0.5) is 0 Å². The van der Waals surface area contributed by atoms with Crippen LogP contribution in [0.1, 0.15) is 24.8 Å². The number of rotatable bonds is 8. The summed E-state index contributed by atoms with van der Waals surface area (Å²) >= 11 is 1.54. The minimum absolute atomic E-state index is 0.0977. The van der Waals surface area contributed by atoms with Crippen molar-refractivity contribution in [2.45, 2.75) is 38.3 Å². The van der Waals surface area contributed by atoms with Gasteiger partial charge in [0, 0.05) is 19.2 Å². The van der Waals surface area contributed by atoms with Crippen molar-refractivity contribution in [3.8, 4) is 17.2 Å². The van der Waals surface area contributed by atoms with Gasteiger partial charge in [-0.15, -0.1) is 0 Å². The van der Waals surface area contributed by atoms with E-state index in [1.165, 1.54) is 0 Å². The molecular formula is C22H26N2O4S. The first-order valence-corrected chi connectivity index (χ1v) is 10.8. The van der Waals surface area contributed by atoms with Crippen LogP contribution in [0.15, 0.2) is 41.2 Å². The summed E-state index contributed by atoms with van der Waals surface area (Å²) < 4.78 is 14.1. The van der Waals surface area contributed by atoms with Crippen LogP contribution in [0, 0.1) is 0 Å². The number of ether oxygens (including phenoxy) is 2. The van der Waals surface area contributed by atoms with Gasteiger partial charge in [-0.1, -0.05) is 23.7 Å². The highest BCUT2D eigenvalue weighted by Crippen LogP contribution is 2.37. The fourth-order valence-electron chi connectivity index (χ4n) is 3.69. The second kappa shape index (κ2) is 8.88. The Morgan fingerprint density at radius 3 is 3.00 bits per heavy atom. The van der Waals surface area contributed by atoms with Crippen molar-refractivity contribution in [3.63, 3.8) is 0 Å². The third-order valence-corrected chi connectivity index (χ3v) is 6.40. The molecule has 1 atom stereocenters. The number of aromatic hydroxyl groups is 1. The summed E-state index contributed by atoms with van der Waals surface area (Å²) in [6, 6.07) is 11.3. The molecule has 3 aromatic rings. The number of nitrogens with zero attached hydrogens (tertiary/aromatic N) is 1. The van der Waals surface area contributed by atoms with Gasteiger partial charge >= 0.3 is 0 Å². The molecule has 2 N–H and O–H groups in total. The van der Waals surface area contributed by atoms with Crippen molar-refractivity contribution >= 4 is 21.6 Å². The zero-order valence-electron chi connectivity index (χ0n) is 16.5. The summed E-state index contributed by atoms with van der Waals surface area (Å²) in [5, 5.41) is 14.2. The fraction of sp³-hybridized carbons (Fsp3) is 0.409. The number of hydrogen-bond donors (Lipinski definition) is 2. The Morgan fingerprint density at radius 2 is 2.17 bits per heavy atom. The van der Waals surface area contributed by atoms with E-state index in [1.54, 1.807) is 24.7 Å². The van der Waals surface area contributed by atoms with E-state index in [0.29, 0.717) is 5.75 Å². The van der Waals surface area contributed by atoms with Crippen molar-refractivity contribution in [2.75, 3.05) is 20.2 Å². The van der Waals surface area contributed by atoms with Crippen molar-refractivity contribution in [3.05, 3.63) is 52.3 Å². The summed E-state index contributed by atoms with van der Waals surface area (Å²) in [5.41, 5.74) is 1.19. The zero-order chi connectivity index (χ0) is 20.2. The number of aryl methyl sites for hydroxylation is 2. The molecule has 0 fully saturated rings. The minimum Gasteiger partial charge on any atom is -0.504 e. The first kappa shape index (κ1) is 19.8. The molecule has 0 spiro atoms. The van der Waals surface area contributed by atoms with E-state index in [0.717, 1.165) is 66.7 Å². The van der Waals surface area contributed by atoms with E-state index < -0.39 is 0 Å². The molecule has 1 aromatic heterocycles. The maximum Gasteiger partial charge on any atom is 0.268 e. The second-order valence-electron chi connectivity index (χ2n) is 7.32. The van der Waals surface area contributed by atoms with Crippen LogP contribution < -0.4 is 20.3 Å². The Labute approximate surface area is 173 Å². The van der Waals surface area contributed by atoms with E-state index in [4.69, 9.17) is 9.47 Å². The molecule has 1 aliphatic rings. The molecule has 0 amide bonds. The van der Waals surface area contributed by atoms with Crippen molar-refractivity contribution < 1.29 is 14.6 Å². The lowest BCUT2D eigenvalue weighted by Crippen LogP contribution is -2.34. The quantitative estimate of drug-likeness (QED) is 0.552. The Kier molecular flexibility index (Phi) is 6.06. The number of hydrogen-bond acceptors (Lipinski definition) is 6. The van der Waals surface area contributed by atoms with Gasteiger partial charge in [-0.25, -0.2) is 0 Å². The summed E-state index contributed by atoms with van der Waals surface area (Å²) in [5.74, 6) is 1.34. The summed E-state index contributed by atoms with van der Waals surface area (Å²) in [6.45, 7) is 2.42. The highest BCUT2D eigenvalue weighted by molar-refractivity contribution is 7.13. The lowest BCUT2D eigenvalue weighted by molar-refractivity contribution is 0.169. The van der Waals surface area contributed by atoms with Gasteiger partial charge in [-0.05, 0) is 56.0 Å². The standard InChI is InChI=1S/C22H26N2O4S/c1-27-20-12-15-8-9-16(28-19(15)13-18(20)25)14-23-10-4-5-11-24-22(26)17-6-2-3-7-21(17)29-24/h2-3,6-7,12-13,16,23,25H,4-5,8-11,14H2,1H3/t16-/m1/s1. The van der Waals surface area contributed by atoms with Crippen LogP contribution in [0.3, 0.4) is 0 Å². The van der Waals surface area contributed by atoms with Gasteiger partial charge in [0.25, 0.3) is 5.56 Å². The molecule has 6 nitrogen and oxygen atoms in total. The van der Waals surface area contributed by atoms with Crippen molar-refractivity contribution in [1.29, 1.82) is 0 Å². The normalized spacial score (nSPS) is 15.8. The smallest absolute Gasteiger partial charge is 0.268 e. The first-order valence-electron chi connectivity index (χ1n) is 10.0. The molecule has 0 bridgehead atoms. The SMILES string of the molecule is COc1cc2c(cc1O)O[C@@H](CNCCCCn1sc3ccccc3c1=O)CC2. The Morgan fingerprint density at radius 1 is 1.31 bits per heavy atom. The predicted octanol–water partition coefficient (Wildman–Crippen LogP) is 3.54. The van der Waals surface area contributed by atoms with Crippen LogP contribution in [0.2, 0.25) is 0 Å². The molecular weight excluding hydrogens is 388 g/mol. The number of unbranched alkanes of at least 4 members (excludes halogenated alkanes) is 1. The number of fused-ring (bicyclic) bond motifs is 2. The average Bonchev–Trinajstić information content (AvgIpc) is 3.06. The van der Waals surface area contributed by atoms with Crippen LogP contribution in [-0.4, -0.2) is 35.4 Å². The maximum absolute atomic E-state index is 12.3. The third-order valence-electron chi connectivity index (χ3n) is 5.28. The maximum atomic E-state index is 12.3. The lowest BCUT2D eigenvalue weighted by Gasteiger charge is -2.27. The summed E-state index contributed by atoms with van der Waals surface area (Å²) in [4.78, 5) is 12.3. The Balaban J connectivity index is 1.20. The van der Waals surface area contributed by atoms with E-state index in [9.17, 15) is 9.90 Å². The molecule has 2 heterocycles. The molecule has 4 rings (SSSR count). The number of nitrogens with one attached hydrogen (secondary N) is 1. The molecule has 1 aliphatic heterocycles. The van der Waals surface area contributed by atoms with Gasteiger partial charge in [0.1, 0.15) is 11.9 Å². The molecule has 7 heteroatoms. The van der Waals surface area contributed by atoms with Crippen molar-refractivity contribution in [1.82, 2.24) is 9.27 Å². The highest BCUT2D eigenvalue weighted by atomic mass is 32.1. The largest absolute Gasteiger partial charge is 0.504 e. The Bertz CT molecular complexity index is 1040. The Hall–Kier alpha value is -2.51. The molecule has 0 saturated carbocycles. The highest BCUT2D eigenvalue weighted by Gasteiger charge is 2.21. The molecule has 0 aliphatic carbocycles. The monoisotopic (exact) mass is 414 g/mol. The number of methoxy groups -OCH3 is 1. The molecule has 29 heavy (non-hydrogen) atoms. The first-order chi connectivity index (χ1) is 14.2. The van der Waals surface area contributed by atoms with Crippen molar-refractivity contribution in [2.24, 2.45) is 0 Å². The van der Waals surface area contributed by atoms with Crippen LogP contribution >= 0.6 is 11.5 Å². The average molecular weight is 415 g/mol. The number of benzene rings is 2. The van der Waals surface area contributed by atoms with Gasteiger partial charge in [0.2, 0.25) is 0 Å². The van der Waals surface area contributed by atoms with E-state index in [2.05, 4.69) is 5.32 Å². The minimum atomic E-state index is 0.0977. The number of phenols is 1. The molecule has 154 valence electrons. The topological polar surface area (TPSA) is 72.7 Å². The lowest BCUT2D eigenvalue weighted by atomic mass is 10.0. The van der Waals surface area contributed by atoms with E-state index >= 15 is 0 Å². The van der Waals surface area contributed by atoms with Gasteiger partial charge in [-0.3, -0.25) is 8.75 Å². The molecule has 0 radical (unpaired) electrons. The van der Waals surface area contributed by atoms with Crippen LogP contribution in [0.25, 0.3) is 10.1 Å². The van der Waals surface area contributed by atoms with Gasteiger partial charge in [-0.2, -0.15) is 0 Å². The number of phenolic OH excluding ortho intramolecular Hbond substituents is 1. The predicted molar refractivity (Wildman–Crippen MR) is 116 cm³/mol.